The fraction of sp³-hybridized carbons (Fsp3) is 0.238. The molecule has 0 N–H and O–H groups in total. The second kappa shape index (κ2) is 8.35. The van der Waals surface area contributed by atoms with E-state index in [1.54, 1.807) is 37.1 Å². The summed E-state index contributed by atoms with van der Waals surface area (Å²) in [5.41, 5.74) is 1.50. The number of carbonyl (C=O) groups is 1. The van der Waals surface area contributed by atoms with Crippen molar-refractivity contribution in [2.24, 2.45) is 0 Å². The van der Waals surface area contributed by atoms with E-state index in [-0.39, 0.29) is 24.6 Å². The zero-order valence-electron chi connectivity index (χ0n) is 15.8. The highest BCUT2D eigenvalue weighted by Gasteiger charge is 2.19. The van der Waals surface area contributed by atoms with Gasteiger partial charge >= 0.3 is 0 Å². The van der Waals surface area contributed by atoms with Crippen molar-refractivity contribution in [3.05, 3.63) is 87.2 Å². The SMILES string of the molecule is Cc1nn(CC(=O)N(Cc2ccccc2)Cc2ccco2)c(=O)c(C#N)c1C. The summed E-state index contributed by atoms with van der Waals surface area (Å²) in [6, 6.07) is 15.0. The van der Waals surface area contributed by atoms with Crippen molar-refractivity contribution in [2.75, 3.05) is 0 Å². The second-order valence-electron chi connectivity index (χ2n) is 6.47. The molecule has 0 radical (unpaired) electrons. The summed E-state index contributed by atoms with van der Waals surface area (Å²) in [6.45, 7) is 3.77. The van der Waals surface area contributed by atoms with Gasteiger partial charge in [-0.15, -0.1) is 0 Å². The summed E-state index contributed by atoms with van der Waals surface area (Å²) in [4.78, 5) is 27.1. The third-order valence-corrected chi connectivity index (χ3v) is 4.53. The number of aryl methyl sites for hydroxylation is 1. The van der Waals surface area contributed by atoms with Crippen LogP contribution in [0.4, 0.5) is 0 Å². The van der Waals surface area contributed by atoms with Crippen molar-refractivity contribution in [2.45, 2.75) is 33.5 Å². The Morgan fingerprint density at radius 2 is 1.93 bits per heavy atom. The summed E-state index contributed by atoms with van der Waals surface area (Å²) < 4.78 is 6.43. The quantitative estimate of drug-likeness (QED) is 0.659. The number of hydrogen-bond acceptors (Lipinski definition) is 5. The van der Waals surface area contributed by atoms with Gasteiger partial charge in [-0.3, -0.25) is 9.59 Å². The van der Waals surface area contributed by atoms with Crippen molar-refractivity contribution in [1.82, 2.24) is 14.7 Å². The largest absolute Gasteiger partial charge is 0.467 e. The molecule has 3 aromatic rings. The number of furan rings is 1. The zero-order valence-corrected chi connectivity index (χ0v) is 15.8. The molecule has 0 aliphatic rings. The van der Waals surface area contributed by atoms with E-state index in [0.717, 1.165) is 10.2 Å². The van der Waals surface area contributed by atoms with Crippen molar-refractivity contribution >= 4 is 5.91 Å². The van der Waals surface area contributed by atoms with E-state index in [1.807, 2.05) is 36.4 Å². The van der Waals surface area contributed by atoms with Crippen LogP contribution in [0.5, 0.6) is 0 Å². The standard InChI is InChI=1S/C21H20N4O3/c1-15-16(2)23-25(21(27)19(15)11-22)14-20(26)24(13-18-9-6-10-28-18)12-17-7-4-3-5-8-17/h3-10H,12-14H2,1-2H3. The zero-order chi connectivity index (χ0) is 20.1. The lowest BCUT2D eigenvalue weighted by atomic mass is 10.1. The monoisotopic (exact) mass is 376 g/mol. The number of carbonyl (C=O) groups excluding carboxylic acids is 1. The van der Waals surface area contributed by atoms with Gasteiger partial charge in [0.25, 0.3) is 5.56 Å². The van der Waals surface area contributed by atoms with Gasteiger partial charge in [-0.2, -0.15) is 10.4 Å². The van der Waals surface area contributed by atoms with Gasteiger partial charge in [-0.25, -0.2) is 4.68 Å². The Kier molecular flexibility index (Phi) is 5.70. The summed E-state index contributed by atoms with van der Waals surface area (Å²) in [6.07, 6.45) is 1.55. The molecule has 28 heavy (non-hydrogen) atoms. The topological polar surface area (TPSA) is 92.1 Å². The molecule has 3 rings (SSSR count). The van der Waals surface area contributed by atoms with Crippen LogP contribution in [-0.4, -0.2) is 20.6 Å². The highest BCUT2D eigenvalue weighted by molar-refractivity contribution is 5.76. The Morgan fingerprint density at radius 1 is 1.18 bits per heavy atom. The molecule has 142 valence electrons. The normalized spacial score (nSPS) is 10.5. The number of hydrogen-bond donors (Lipinski definition) is 0. The third-order valence-electron chi connectivity index (χ3n) is 4.53. The molecular formula is C21H20N4O3. The first-order valence-electron chi connectivity index (χ1n) is 8.82. The van der Waals surface area contributed by atoms with E-state index in [1.165, 1.54) is 0 Å². The van der Waals surface area contributed by atoms with Crippen LogP contribution in [0.1, 0.15) is 28.1 Å². The minimum atomic E-state index is -0.559. The second-order valence-corrected chi connectivity index (χ2v) is 6.47. The number of aromatic nitrogens is 2. The van der Waals surface area contributed by atoms with Crippen LogP contribution in [0.2, 0.25) is 0 Å². The van der Waals surface area contributed by atoms with E-state index < -0.39 is 5.56 Å². The van der Waals surface area contributed by atoms with Gasteiger partial charge in [0.2, 0.25) is 5.91 Å². The van der Waals surface area contributed by atoms with E-state index in [4.69, 9.17) is 4.42 Å². The fourth-order valence-electron chi connectivity index (χ4n) is 2.87. The molecule has 0 saturated carbocycles. The summed E-state index contributed by atoms with van der Waals surface area (Å²) in [5.74, 6) is 0.351. The number of benzene rings is 1. The highest BCUT2D eigenvalue weighted by Crippen LogP contribution is 2.12. The van der Waals surface area contributed by atoms with E-state index in [0.29, 0.717) is 23.6 Å². The Bertz CT molecular complexity index is 1060. The summed E-state index contributed by atoms with van der Waals surface area (Å²) in [7, 11) is 0. The minimum Gasteiger partial charge on any atom is -0.467 e. The lowest BCUT2D eigenvalue weighted by Gasteiger charge is -2.22. The minimum absolute atomic E-state index is 0.0148. The molecule has 7 heteroatoms. The molecule has 0 atom stereocenters. The number of nitriles is 1. The van der Waals surface area contributed by atoms with Crippen LogP contribution in [0, 0.1) is 25.2 Å². The number of amides is 1. The van der Waals surface area contributed by atoms with E-state index in [9.17, 15) is 14.9 Å². The average molecular weight is 376 g/mol. The molecule has 7 nitrogen and oxygen atoms in total. The Morgan fingerprint density at radius 3 is 2.57 bits per heavy atom. The first-order valence-corrected chi connectivity index (χ1v) is 8.82. The van der Waals surface area contributed by atoms with Gasteiger partial charge in [0.05, 0.1) is 18.5 Å². The predicted molar refractivity (Wildman–Crippen MR) is 102 cm³/mol. The van der Waals surface area contributed by atoms with E-state index in [2.05, 4.69) is 5.10 Å². The van der Waals surface area contributed by atoms with Gasteiger partial charge in [0, 0.05) is 6.54 Å². The van der Waals surface area contributed by atoms with Crippen LogP contribution in [0.25, 0.3) is 0 Å². The maximum absolute atomic E-state index is 13.0. The fourth-order valence-corrected chi connectivity index (χ4v) is 2.87. The molecule has 2 aromatic heterocycles. The molecule has 0 aliphatic heterocycles. The smallest absolute Gasteiger partial charge is 0.285 e. The van der Waals surface area contributed by atoms with Crippen LogP contribution in [0.3, 0.4) is 0 Å². The van der Waals surface area contributed by atoms with Crippen molar-refractivity contribution in [3.8, 4) is 6.07 Å². The molecule has 0 bridgehead atoms. The molecule has 1 amide bonds. The maximum atomic E-state index is 13.0. The van der Waals surface area contributed by atoms with Gasteiger partial charge < -0.3 is 9.32 Å². The van der Waals surface area contributed by atoms with Crippen LogP contribution in [-0.2, 0) is 24.4 Å². The van der Waals surface area contributed by atoms with Crippen molar-refractivity contribution < 1.29 is 9.21 Å². The first-order chi connectivity index (χ1) is 13.5. The lowest BCUT2D eigenvalue weighted by Crippen LogP contribution is -2.38. The Hall–Kier alpha value is -3.66. The van der Waals surface area contributed by atoms with Crippen LogP contribution >= 0.6 is 0 Å². The van der Waals surface area contributed by atoms with Gasteiger partial charge in [0.15, 0.2) is 0 Å². The van der Waals surface area contributed by atoms with Crippen molar-refractivity contribution in [1.29, 1.82) is 5.26 Å². The molecule has 0 unspecified atom stereocenters. The lowest BCUT2D eigenvalue weighted by molar-refractivity contribution is -0.133. The predicted octanol–water partition coefficient (Wildman–Crippen LogP) is 2.55. The maximum Gasteiger partial charge on any atom is 0.285 e. The van der Waals surface area contributed by atoms with Gasteiger partial charge in [0.1, 0.15) is 23.9 Å². The summed E-state index contributed by atoms with van der Waals surface area (Å²) >= 11 is 0. The van der Waals surface area contributed by atoms with Gasteiger partial charge in [-0.05, 0) is 37.1 Å². The van der Waals surface area contributed by atoms with E-state index >= 15 is 0 Å². The van der Waals surface area contributed by atoms with Crippen molar-refractivity contribution in [3.63, 3.8) is 0 Å². The number of rotatable bonds is 6. The molecule has 0 fully saturated rings. The number of nitrogens with zero attached hydrogens (tertiary/aromatic N) is 4. The molecule has 0 spiro atoms. The Balaban J connectivity index is 1.88. The molecule has 0 aliphatic carbocycles. The molecular weight excluding hydrogens is 356 g/mol. The molecule has 2 heterocycles. The summed E-state index contributed by atoms with van der Waals surface area (Å²) in [5, 5.41) is 13.4. The highest BCUT2D eigenvalue weighted by atomic mass is 16.3. The first kappa shape index (κ1) is 19.1. The Labute approximate surface area is 162 Å². The van der Waals surface area contributed by atoms with Crippen LogP contribution < -0.4 is 5.56 Å². The molecule has 1 aromatic carbocycles. The molecule has 0 saturated heterocycles. The third kappa shape index (κ3) is 4.18. The average Bonchev–Trinajstić information content (AvgIpc) is 3.20. The van der Waals surface area contributed by atoms with Crippen LogP contribution in [0.15, 0.2) is 57.9 Å². The van der Waals surface area contributed by atoms with Gasteiger partial charge in [-0.1, -0.05) is 30.3 Å².